The summed E-state index contributed by atoms with van der Waals surface area (Å²) in [6, 6.07) is 23.9. The Hall–Kier alpha value is -3.75. The molecule has 1 saturated carbocycles. The van der Waals surface area contributed by atoms with Crippen LogP contribution < -0.4 is 4.74 Å². The highest BCUT2D eigenvalue weighted by Gasteiger charge is 2.33. The van der Waals surface area contributed by atoms with E-state index in [0.717, 1.165) is 35.3 Å². The molecule has 0 spiro atoms. The third-order valence-corrected chi connectivity index (χ3v) is 8.75. The molecule has 8 heteroatoms. The Morgan fingerprint density at radius 3 is 2.12 bits per heavy atom. The van der Waals surface area contributed by atoms with E-state index in [4.69, 9.17) is 23.7 Å². The molecule has 1 fully saturated rings. The van der Waals surface area contributed by atoms with Crippen molar-refractivity contribution in [3.05, 3.63) is 101 Å². The summed E-state index contributed by atoms with van der Waals surface area (Å²) in [5.74, 6) is -0.420. The average molecular weight is 677 g/mol. The standard InChI is InChI=1S/C41H53FO7/c1-29(46-26-33-18-22-37(45-5)23-19-33)39(47-27-32-14-15-32)34(24-30-16-20-36(42)21-17-30)12-9-13-35(25-38(43)49-41(2,3)4)40(44)48-28-31-10-7-6-8-11-31/h6-8,10-11,16-23,29,32,34-35,39H,9,12-15,24-28H2,1-5H3/t29-,34+,35?,39-/m0/s1. The second kappa shape index (κ2) is 18.9. The highest BCUT2D eigenvalue weighted by Crippen LogP contribution is 2.33. The van der Waals surface area contributed by atoms with Gasteiger partial charge in [-0.3, -0.25) is 9.59 Å². The summed E-state index contributed by atoms with van der Waals surface area (Å²) in [6.45, 7) is 8.70. The highest BCUT2D eigenvalue weighted by molar-refractivity contribution is 5.80. The Bertz CT molecular complexity index is 1410. The molecule has 0 aliphatic heterocycles. The van der Waals surface area contributed by atoms with Crippen LogP contribution in [0.15, 0.2) is 78.9 Å². The van der Waals surface area contributed by atoms with E-state index in [1.54, 1.807) is 7.11 Å². The van der Waals surface area contributed by atoms with Crippen molar-refractivity contribution in [1.82, 2.24) is 0 Å². The van der Waals surface area contributed by atoms with Crippen LogP contribution in [0.4, 0.5) is 4.39 Å². The first-order valence-corrected chi connectivity index (χ1v) is 17.5. The van der Waals surface area contributed by atoms with Crippen LogP contribution in [0.2, 0.25) is 0 Å². The molecule has 0 heterocycles. The van der Waals surface area contributed by atoms with Gasteiger partial charge in [-0.25, -0.2) is 4.39 Å². The number of carbonyl (C=O) groups is 2. The molecule has 0 N–H and O–H groups in total. The van der Waals surface area contributed by atoms with E-state index in [-0.39, 0.29) is 37.0 Å². The van der Waals surface area contributed by atoms with Gasteiger partial charge in [-0.15, -0.1) is 0 Å². The summed E-state index contributed by atoms with van der Waals surface area (Å²) in [4.78, 5) is 26.3. The van der Waals surface area contributed by atoms with Crippen molar-refractivity contribution in [3.8, 4) is 5.75 Å². The summed E-state index contributed by atoms with van der Waals surface area (Å²) in [6.07, 6.45) is 4.24. The Morgan fingerprint density at radius 2 is 1.49 bits per heavy atom. The Labute approximate surface area is 291 Å². The zero-order valence-electron chi connectivity index (χ0n) is 29.7. The number of ether oxygens (including phenoxy) is 5. The van der Waals surface area contributed by atoms with Crippen LogP contribution in [0.5, 0.6) is 5.75 Å². The fraction of sp³-hybridized carbons (Fsp3) is 0.512. The van der Waals surface area contributed by atoms with Gasteiger partial charge in [0.05, 0.1) is 38.3 Å². The largest absolute Gasteiger partial charge is 0.497 e. The molecule has 1 aliphatic carbocycles. The number of halogens is 1. The van der Waals surface area contributed by atoms with Crippen molar-refractivity contribution in [2.75, 3.05) is 13.7 Å². The minimum atomic E-state index is -0.663. The topological polar surface area (TPSA) is 80.3 Å². The molecule has 7 nitrogen and oxygen atoms in total. The smallest absolute Gasteiger partial charge is 0.309 e. The highest BCUT2D eigenvalue weighted by atomic mass is 19.1. The van der Waals surface area contributed by atoms with Gasteiger partial charge in [0.25, 0.3) is 0 Å². The van der Waals surface area contributed by atoms with E-state index in [9.17, 15) is 14.0 Å². The molecule has 3 aromatic carbocycles. The molecule has 1 unspecified atom stereocenters. The van der Waals surface area contributed by atoms with E-state index in [0.29, 0.717) is 44.8 Å². The number of rotatable bonds is 20. The summed E-state index contributed by atoms with van der Waals surface area (Å²) in [5.41, 5.74) is 2.25. The number of methoxy groups -OCH3 is 1. The predicted molar refractivity (Wildman–Crippen MR) is 187 cm³/mol. The zero-order chi connectivity index (χ0) is 35.2. The molecule has 0 bridgehead atoms. The van der Waals surface area contributed by atoms with E-state index >= 15 is 0 Å². The number of hydrogen-bond acceptors (Lipinski definition) is 7. The minimum absolute atomic E-state index is 0.0117. The molecule has 0 radical (unpaired) electrons. The van der Waals surface area contributed by atoms with Crippen molar-refractivity contribution in [3.63, 3.8) is 0 Å². The summed E-state index contributed by atoms with van der Waals surface area (Å²) in [5, 5.41) is 0. The lowest BCUT2D eigenvalue weighted by molar-refractivity contribution is -0.162. The average Bonchev–Trinajstić information content (AvgIpc) is 3.91. The van der Waals surface area contributed by atoms with Crippen LogP contribution in [0.1, 0.15) is 82.9 Å². The number of benzene rings is 3. The molecular formula is C41H53FO7. The van der Waals surface area contributed by atoms with Crippen molar-refractivity contribution in [2.45, 2.75) is 104 Å². The van der Waals surface area contributed by atoms with Gasteiger partial charge in [0.15, 0.2) is 0 Å². The predicted octanol–water partition coefficient (Wildman–Crippen LogP) is 8.66. The van der Waals surface area contributed by atoms with Crippen LogP contribution in [0.25, 0.3) is 0 Å². The molecule has 4 atom stereocenters. The second-order valence-corrected chi connectivity index (χ2v) is 14.2. The number of esters is 2. The van der Waals surface area contributed by atoms with Crippen LogP contribution in [-0.2, 0) is 48.2 Å². The zero-order valence-corrected chi connectivity index (χ0v) is 29.7. The van der Waals surface area contributed by atoms with Crippen molar-refractivity contribution in [1.29, 1.82) is 0 Å². The van der Waals surface area contributed by atoms with Crippen molar-refractivity contribution < 1.29 is 37.7 Å². The molecule has 266 valence electrons. The maximum atomic E-state index is 13.8. The van der Waals surface area contributed by atoms with E-state index in [2.05, 4.69) is 0 Å². The maximum Gasteiger partial charge on any atom is 0.309 e. The van der Waals surface area contributed by atoms with Crippen molar-refractivity contribution >= 4 is 11.9 Å². The van der Waals surface area contributed by atoms with Gasteiger partial charge >= 0.3 is 11.9 Å². The second-order valence-electron chi connectivity index (χ2n) is 14.2. The summed E-state index contributed by atoms with van der Waals surface area (Å²) >= 11 is 0. The van der Waals surface area contributed by atoms with Gasteiger partial charge in [-0.2, -0.15) is 0 Å². The monoisotopic (exact) mass is 676 g/mol. The van der Waals surface area contributed by atoms with Gasteiger partial charge in [-0.1, -0.05) is 61.0 Å². The Kier molecular flexibility index (Phi) is 14.6. The molecule has 0 saturated heterocycles. The first-order chi connectivity index (χ1) is 23.5. The van der Waals surface area contributed by atoms with Gasteiger partial charge in [0, 0.05) is 6.61 Å². The third-order valence-electron chi connectivity index (χ3n) is 8.75. The molecule has 49 heavy (non-hydrogen) atoms. The van der Waals surface area contributed by atoms with Gasteiger partial charge in [-0.05, 0) is 113 Å². The Morgan fingerprint density at radius 1 is 0.837 bits per heavy atom. The molecule has 4 rings (SSSR count). The molecule has 0 amide bonds. The molecule has 3 aromatic rings. The molecule has 0 aromatic heterocycles. The summed E-state index contributed by atoms with van der Waals surface area (Å²) in [7, 11) is 1.64. The number of carbonyl (C=O) groups excluding carboxylic acids is 2. The lowest BCUT2D eigenvalue weighted by atomic mass is 9.85. The SMILES string of the molecule is COc1ccc(CO[C@@H](C)[C@H](OCC2CC2)[C@H](CCCC(CC(=O)OC(C)(C)C)C(=O)OCc2ccccc2)Cc2ccc(F)cc2)cc1. The lowest BCUT2D eigenvalue weighted by Crippen LogP contribution is -2.38. The van der Waals surface area contributed by atoms with Crippen LogP contribution in [0, 0.1) is 23.6 Å². The van der Waals surface area contributed by atoms with E-state index in [1.807, 2.05) is 94.4 Å². The quantitative estimate of drug-likeness (QED) is 0.111. The first kappa shape index (κ1) is 38.1. The lowest BCUT2D eigenvalue weighted by Gasteiger charge is -2.33. The normalized spacial score (nSPS) is 15.6. The molecular weight excluding hydrogens is 623 g/mol. The number of hydrogen-bond donors (Lipinski definition) is 0. The minimum Gasteiger partial charge on any atom is -0.497 e. The summed E-state index contributed by atoms with van der Waals surface area (Å²) < 4.78 is 43.5. The van der Waals surface area contributed by atoms with Gasteiger partial charge in [0.1, 0.15) is 23.8 Å². The Balaban J connectivity index is 1.48. The van der Waals surface area contributed by atoms with Gasteiger partial charge in [0.2, 0.25) is 0 Å². The van der Waals surface area contributed by atoms with E-state index in [1.165, 1.54) is 12.1 Å². The first-order valence-electron chi connectivity index (χ1n) is 17.5. The fourth-order valence-electron chi connectivity index (χ4n) is 5.90. The fourth-order valence-corrected chi connectivity index (χ4v) is 5.90. The maximum absolute atomic E-state index is 13.8. The van der Waals surface area contributed by atoms with Crippen LogP contribution >= 0.6 is 0 Å². The van der Waals surface area contributed by atoms with Crippen LogP contribution in [-0.4, -0.2) is 43.5 Å². The van der Waals surface area contributed by atoms with Crippen molar-refractivity contribution in [2.24, 2.45) is 17.8 Å². The van der Waals surface area contributed by atoms with Crippen LogP contribution in [0.3, 0.4) is 0 Å². The molecule has 1 aliphatic rings. The van der Waals surface area contributed by atoms with E-state index < -0.39 is 23.5 Å². The van der Waals surface area contributed by atoms with Gasteiger partial charge < -0.3 is 23.7 Å². The third kappa shape index (κ3) is 13.9.